The Morgan fingerprint density at radius 1 is 1.29 bits per heavy atom. The minimum absolute atomic E-state index is 0.223. The largest absolute Gasteiger partial charge is 0.441 e. The van der Waals surface area contributed by atoms with Crippen molar-refractivity contribution in [3.63, 3.8) is 0 Å². The maximum Gasteiger partial charge on any atom is 0.370 e. The summed E-state index contributed by atoms with van der Waals surface area (Å²) in [6, 6.07) is 6.17. The number of esters is 1. The number of carbonyl (C=O) groups is 1. The summed E-state index contributed by atoms with van der Waals surface area (Å²) in [5.74, 6) is -2.12. The van der Waals surface area contributed by atoms with Crippen molar-refractivity contribution in [3.05, 3.63) is 35.4 Å². The molecule has 0 aromatic heterocycles. The van der Waals surface area contributed by atoms with Crippen LogP contribution in [-0.4, -0.2) is 15.8 Å². The molecule has 1 aromatic carbocycles. The number of rotatable bonds is 1. The summed E-state index contributed by atoms with van der Waals surface area (Å²) in [5, 5.41) is 0. The van der Waals surface area contributed by atoms with Crippen LogP contribution in [0.3, 0.4) is 0 Å². The quantitative estimate of drug-likeness (QED) is 0.538. The van der Waals surface area contributed by atoms with E-state index in [2.05, 4.69) is 4.74 Å². The second-order valence-electron chi connectivity index (χ2n) is 2.93. The number of carbonyl (C=O) groups excluding carboxylic acids is 1. The molecule has 0 saturated carbocycles. The Hall–Kier alpha value is -1.16. The second-order valence-corrected chi connectivity index (χ2v) is 4.58. The Balaban J connectivity index is 2.55. The fraction of sp³-hybridized carbons (Fsp3) is 0.125. The molecule has 2 N–H and O–H groups in total. The highest BCUT2D eigenvalue weighted by molar-refractivity contribution is 7.52. The van der Waals surface area contributed by atoms with Crippen LogP contribution in [0.1, 0.15) is 21.8 Å². The Labute approximate surface area is 79.5 Å². The first kappa shape index (κ1) is 9.40. The lowest BCUT2D eigenvalue weighted by Gasteiger charge is -2.11. The number of benzene rings is 1. The molecule has 0 spiro atoms. The van der Waals surface area contributed by atoms with Crippen molar-refractivity contribution in [1.29, 1.82) is 0 Å². The Bertz CT molecular complexity index is 435. The minimum atomic E-state index is -4.43. The maximum absolute atomic E-state index is 11.2. The number of fused-ring (bicyclic) bond motifs is 1. The summed E-state index contributed by atoms with van der Waals surface area (Å²) in [6.45, 7) is 0. The lowest BCUT2D eigenvalue weighted by molar-refractivity contribution is 0.0471. The number of hydrogen-bond acceptors (Lipinski definition) is 3. The molecule has 0 saturated heterocycles. The van der Waals surface area contributed by atoms with Crippen LogP contribution in [0, 0.1) is 0 Å². The van der Waals surface area contributed by atoms with Crippen molar-refractivity contribution in [3.8, 4) is 0 Å². The van der Waals surface area contributed by atoms with Crippen LogP contribution in [0.4, 0.5) is 0 Å². The topological polar surface area (TPSA) is 83.8 Å². The smallest absolute Gasteiger partial charge is 0.370 e. The first-order valence-electron chi connectivity index (χ1n) is 3.85. The van der Waals surface area contributed by atoms with Crippen LogP contribution in [0.5, 0.6) is 0 Å². The Morgan fingerprint density at radius 3 is 2.57 bits per heavy atom. The minimum Gasteiger partial charge on any atom is -0.441 e. The molecule has 2 rings (SSSR count). The Kier molecular flexibility index (Phi) is 1.96. The van der Waals surface area contributed by atoms with Crippen LogP contribution in [0.25, 0.3) is 0 Å². The molecule has 0 fully saturated rings. The number of hydrogen-bond donors (Lipinski definition) is 2. The molecule has 5 nitrogen and oxygen atoms in total. The average molecular weight is 214 g/mol. The van der Waals surface area contributed by atoms with E-state index in [-0.39, 0.29) is 11.1 Å². The van der Waals surface area contributed by atoms with Crippen LogP contribution < -0.4 is 0 Å². The van der Waals surface area contributed by atoms with E-state index in [0.717, 1.165) is 0 Å². The molecular formula is C8H7O5P. The standard InChI is InChI=1S/C8H7O5P/c9-7-5-3-1-2-4-6(5)8(13-7)14(10,11)12/h1-4,8H,(H2,10,11,12)/t8-/m1/s1. The van der Waals surface area contributed by atoms with Crippen molar-refractivity contribution < 1.29 is 23.9 Å². The van der Waals surface area contributed by atoms with E-state index in [9.17, 15) is 9.36 Å². The van der Waals surface area contributed by atoms with Gasteiger partial charge in [0.15, 0.2) is 0 Å². The van der Waals surface area contributed by atoms with Crippen molar-refractivity contribution in [2.75, 3.05) is 0 Å². The van der Waals surface area contributed by atoms with Gasteiger partial charge in [-0.05, 0) is 6.07 Å². The van der Waals surface area contributed by atoms with Gasteiger partial charge in [-0.1, -0.05) is 18.2 Å². The highest BCUT2D eigenvalue weighted by atomic mass is 31.2. The van der Waals surface area contributed by atoms with Crippen LogP contribution in [-0.2, 0) is 9.30 Å². The third kappa shape index (κ3) is 1.35. The summed E-state index contributed by atoms with van der Waals surface area (Å²) in [6.07, 6.45) is 0. The van der Waals surface area contributed by atoms with E-state index < -0.39 is 19.4 Å². The lowest BCUT2D eigenvalue weighted by atomic mass is 10.1. The van der Waals surface area contributed by atoms with Gasteiger partial charge in [-0.3, -0.25) is 4.57 Å². The molecule has 1 atom stereocenters. The van der Waals surface area contributed by atoms with E-state index in [1.807, 2.05) is 0 Å². The van der Waals surface area contributed by atoms with E-state index in [0.29, 0.717) is 0 Å². The molecule has 0 bridgehead atoms. The van der Waals surface area contributed by atoms with Gasteiger partial charge in [0.05, 0.1) is 5.56 Å². The summed E-state index contributed by atoms with van der Waals surface area (Å²) >= 11 is 0. The normalized spacial score (nSPS) is 20.4. The number of cyclic esters (lactones) is 1. The molecule has 0 unspecified atom stereocenters. The zero-order chi connectivity index (χ0) is 10.3. The third-order valence-corrected chi connectivity index (χ3v) is 2.97. The first-order valence-corrected chi connectivity index (χ1v) is 5.53. The van der Waals surface area contributed by atoms with Crippen LogP contribution in [0.15, 0.2) is 24.3 Å². The predicted octanol–water partition coefficient (Wildman–Crippen LogP) is 1.03. The molecule has 74 valence electrons. The fourth-order valence-corrected chi connectivity index (χ4v) is 2.20. The maximum atomic E-state index is 11.2. The summed E-state index contributed by atoms with van der Waals surface area (Å²) in [7, 11) is -4.43. The van der Waals surface area contributed by atoms with E-state index in [1.165, 1.54) is 12.1 Å². The SMILES string of the molecule is O=C1O[C@H](P(=O)(O)O)c2ccccc21. The first-order chi connectivity index (χ1) is 6.50. The summed E-state index contributed by atoms with van der Waals surface area (Å²) in [5.41, 5.74) is 0.478. The van der Waals surface area contributed by atoms with Gasteiger partial charge in [-0.2, -0.15) is 0 Å². The molecule has 1 aliphatic rings. The number of ether oxygens (including phenoxy) is 1. The highest BCUT2D eigenvalue weighted by Gasteiger charge is 2.42. The van der Waals surface area contributed by atoms with Gasteiger partial charge in [0, 0.05) is 5.56 Å². The molecule has 0 radical (unpaired) electrons. The predicted molar refractivity (Wildman–Crippen MR) is 46.6 cm³/mol. The lowest BCUT2D eigenvalue weighted by Crippen LogP contribution is -1.99. The highest BCUT2D eigenvalue weighted by Crippen LogP contribution is 2.55. The second kappa shape index (κ2) is 2.92. The molecule has 6 heteroatoms. The van der Waals surface area contributed by atoms with E-state index in [4.69, 9.17) is 9.79 Å². The van der Waals surface area contributed by atoms with E-state index in [1.54, 1.807) is 12.1 Å². The van der Waals surface area contributed by atoms with Gasteiger partial charge in [0.2, 0.25) is 5.85 Å². The molecule has 0 aliphatic carbocycles. The molecule has 14 heavy (non-hydrogen) atoms. The van der Waals surface area contributed by atoms with Crippen molar-refractivity contribution in [2.45, 2.75) is 5.85 Å². The fourth-order valence-electron chi connectivity index (χ4n) is 1.38. The van der Waals surface area contributed by atoms with Crippen molar-refractivity contribution >= 4 is 13.6 Å². The van der Waals surface area contributed by atoms with Gasteiger partial charge >= 0.3 is 13.6 Å². The van der Waals surface area contributed by atoms with Crippen molar-refractivity contribution in [1.82, 2.24) is 0 Å². The zero-order valence-corrected chi connectivity index (χ0v) is 7.85. The average Bonchev–Trinajstić information content (AvgIpc) is 2.44. The van der Waals surface area contributed by atoms with Gasteiger partial charge in [0.25, 0.3) is 0 Å². The summed E-state index contributed by atoms with van der Waals surface area (Å²) < 4.78 is 15.6. The van der Waals surface area contributed by atoms with Crippen LogP contribution in [0.2, 0.25) is 0 Å². The van der Waals surface area contributed by atoms with Gasteiger partial charge < -0.3 is 14.5 Å². The van der Waals surface area contributed by atoms with Crippen molar-refractivity contribution in [2.24, 2.45) is 0 Å². The molecular weight excluding hydrogens is 207 g/mol. The molecule has 1 aliphatic heterocycles. The van der Waals surface area contributed by atoms with E-state index >= 15 is 0 Å². The summed E-state index contributed by atoms with van der Waals surface area (Å²) in [4.78, 5) is 29.0. The third-order valence-electron chi connectivity index (χ3n) is 1.97. The molecule has 0 amide bonds. The Morgan fingerprint density at radius 2 is 1.93 bits per heavy atom. The molecule has 1 aromatic rings. The van der Waals surface area contributed by atoms with Crippen LogP contribution >= 0.6 is 7.60 Å². The monoisotopic (exact) mass is 214 g/mol. The molecule has 1 heterocycles. The van der Waals surface area contributed by atoms with Gasteiger partial charge in [0.1, 0.15) is 0 Å². The zero-order valence-electron chi connectivity index (χ0n) is 6.95. The van der Waals surface area contributed by atoms with Gasteiger partial charge in [-0.15, -0.1) is 0 Å². The van der Waals surface area contributed by atoms with Gasteiger partial charge in [-0.25, -0.2) is 4.79 Å².